The number of nitrogens with zero attached hydrogens (tertiary/aromatic N) is 3. The van der Waals surface area contributed by atoms with Gasteiger partial charge in [0.15, 0.2) is 5.17 Å². The molecule has 1 aliphatic rings. The molecule has 0 saturated carbocycles. The summed E-state index contributed by atoms with van der Waals surface area (Å²) in [5, 5.41) is 9.64. The van der Waals surface area contributed by atoms with Crippen LogP contribution in [0.2, 0.25) is 0 Å². The highest BCUT2D eigenvalue weighted by molar-refractivity contribution is 8.18. The molecule has 1 N–H and O–H groups in total. The molecule has 2 aromatic carbocycles. The van der Waals surface area contributed by atoms with Crippen molar-refractivity contribution in [2.75, 3.05) is 25.0 Å². The fourth-order valence-electron chi connectivity index (χ4n) is 2.99. The molecule has 1 saturated heterocycles. The Hall–Kier alpha value is -3.06. The summed E-state index contributed by atoms with van der Waals surface area (Å²) in [5.74, 6) is -1.14. The second kappa shape index (κ2) is 8.96. The van der Waals surface area contributed by atoms with Gasteiger partial charge in [-0.05, 0) is 67.6 Å². The first-order valence-corrected chi connectivity index (χ1v) is 10.2. The number of rotatable bonds is 6. The molecule has 150 valence electrons. The number of amidine groups is 1. The summed E-state index contributed by atoms with van der Waals surface area (Å²) in [6.07, 6.45) is 1.85. The molecule has 0 radical (unpaired) electrons. The summed E-state index contributed by atoms with van der Waals surface area (Å²) in [6, 6.07) is 14.5. The lowest BCUT2D eigenvalue weighted by Gasteiger charge is -2.20. The number of carboxylic acids is 1. The maximum Gasteiger partial charge on any atom is 0.335 e. The highest BCUT2D eigenvalue weighted by Gasteiger charge is 2.30. The Labute approximate surface area is 174 Å². The van der Waals surface area contributed by atoms with E-state index in [0.29, 0.717) is 15.8 Å². The maximum absolute atomic E-state index is 12.6. The van der Waals surface area contributed by atoms with E-state index in [-0.39, 0.29) is 11.5 Å². The predicted octanol–water partition coefficient (Wildman–Crippen LogP) is 4.46. The number of carboxylic acid groups (broad SMARTS) is 1. The SMILES string of the molecule is CCN(CC)c1ccc(C=C2SC(=Nc3cccc(C(=O)O)c3)N(C)C2=O)cc1. The molecule has 6 nitrogen and oxygen atoms in total. The minimum atomic E-state index is -1.01. The van der Waals surface area contributed by atoms with Gasteiger partial charge in [0, 0.05) is 25.8 Å². The largest absolute Gasteiger partial charge is 0.478 e. The Kier molecular flexibility index (Phi) is 6.39. The van der Waals surface area contributed by atoms with Crippen LogP contribution in [0.1, 0.15) is 29.8 Å². The molecule has 3 rings (SSSR count). The monoisotopic (exact) mass is 409 g/mol. The predicted molar refractivity (Wildman–Crippen MR) is 119 cm³/mol. The summed E-state index contributed by atoms with van der Waals surface area (Å²) in [4.78, 5) is 32.5. The average Bonchev–Trinajstić information content (AvgIpc) is 2.98. The molecule has 0 spiro atoms. The Morgan fingerprint density at radius 2 is 1.86 bits per heavy atom. The molecule has 1 amide bonds. The minimum Gasteiger partial charge on any atom is -0.478 e. The first-order chi connectivity index (χ1) is 13.9. The van der Waals surface area contributed by atoms with Gasteiger partial charge in [-0.3, -0.25) is 9.69 Å². The standard InChI is InChI=1S/C22H23N3O3S/c1-4-25(5-2)18-11-9-15(10-12-18)13-19-20(26)24(3)22(29-19)23-17-8-6-7-16(14-17)21(27)28/h6-14H,4-5H2,1-3H3,(H,27,28). The molecular weight excluding hydrogens is 386 g/mol. The molecule has 1 aliphatic heterocycles. The quantitative estimate of drug-likeness (QED) is 0.713. The van der Waals surface area contributed by atoms with Crippen molar-refractivity contribution in [3.05, 3.63) is 64.6 Å². The molecule has 0 aliphatic carbocycles. The van der Waals surface area contributed by atoms with Crippen molar-refractivity contribution < 1.29 is 14.7 Å². The van der Waals surface area contributed by atoms with E-state index < -0.39 is 5.97 Å². The van der Waals surface area contributed by atoms with Crippen LogP contribution in [0.3, 0.4) is 0 Å². The highest BCUT2D eigenvalue weighted by atomic mass is 32.2. The summed E-state index contributed by atoms with van der Waals surface area (Å²) < 4.78 is 0. The third-order valence-electron chi connectivity index (χ3n) is 4.64. The molecule has 0 unspecified atom stereocenters. The first kappa shape index (κ1) is 20.7. The molecule has 0 aromatic heterocycles. The summed E-state index contributed by atoms with van der Waals surface area (Å²) >= 11 is 1.28. The number of hydrogen-bond donors (Lipinski definition) is 1. The molecule has 1 heterocycles. The highest BCUT2D eigenvalue weighted by Crippen LogP contribution is 2.33. The lowest BCUT2D eigenvalue weighted by Crippen LogP contribution is -2.23. The van der Waals surface area contributed by atoms with Gasteiger partial charge >= 0.3 is 5.97 Å². The maximum atomic E-state index is 12.6. The van der Waals surface area contributed by atoms with E-state index in [1.54, 1.807) is 19.2 Å². The number of carbonyl (C=O) groups is 2. The van der Waals surface area contributed by atoms with Crippen LogP contribution < -0.4 is 4.90 Å². The Bertz CT molecular complexity index is 979. The second-order valence-electron chi connectivity index (χ2n) is 6.49. The number of carbonyl (C=O) groups excluding carboxylic acids is 1. The van der Waals surface area contributed by atoms with Crippen molar-refractivity contribution in [2.24, 2.45) is 4.99 Å². The fourth-order valence-corrected chi connectivity index (χ4v) is 3.98. The lowest BCUT2D eigenvalue weighted by atomic mass is 10.1. The van der Waals surface area contributed by atoms with Crippen molar-refractivity contribution in [1.82, 2.24) is 4.90 Å². The second-order valence-corrected chi connectivity index (χ2v) is 7.50. The van der Waals surface area contributed by atoms with E-state index in [0.717, 1.165) is 24.3 Å². The Morgan fingerprint density at radius 1 is 1.17 bits per heavy atom. The van der Waals surface area contributed by atoms with Gasteiger partial charge in [-0.1, -0.05) is 18.2 Å². The van der Waals surface area contributed by atoms with Crippen LogP contribution in [0.5, 0.6) is 0 Å². The third-order valence-corrected chi connectivity index (χ3v) is 5.70. The molecule has 29 heavy (non-hydrogen) atoms. The van der Waals surface area contributed by atoms with Gasteiger partial charge in [-0.15, -0.1) is 0 Å². The number of hydrogen-bond acceptors (Lipinski definition) is 5. The van der Waals surface area contributed by atoms with Crippen molar-refractivity contribution in [1.29, 1.82) is 0 Å². The third kappa shape index (κ3) is 4.68. The van der Waals surface area contributed by atoms with Crippen LogP contribution in [-0.2, 0) is 4.79 Å². The fraction of sp³-hybridized carbons (Fsp3) is 0.227. The van der Waals surface area contributed by atoms with E-state index in [1.807, 2.05) is 18.2 Å². The van der Waals surface area contributed by atoms with Crippen LogP contribution in [0.25, 0.3) is 6.08 Å². The van der Waals surface area contributed by atoms with Crippen LogP contribution in [0, 0.1) is 0 Å². The van der Waals surface area contributed by atoms with Crippen LogP contribution in [0.15, 0.2) is 58.4 Å². The van der Waals surface area contributed by atoms with Crippen molar-refractivity contribution >= 4 is 46.3 Å². The molecule has 7 heteroatoms. The molecule has 1 fully saturated rings. The van der Waals surface area contributed by atoms with Gasteiger partial charge < -0.3 is 10.0 Å². The van der Waals surface area contributed by atoms with Gasteiger partial charge in [0.05, 0.1) is 16.2 Å². The Balaban J connectivity index is 1.83. The zero-order valence-electron chi connectivity index (χ0n) is 16.6. The number of aromatic carboxylic acids is 1. The van der Waals surface area contributed by atoms with Crippen LogP contribution in [-0.4, -0.2) is 47.2 Å². The Morgan fingerprint density at radius 3 is 2.48 bits per heavy atom. The smallest absolute Gasteiger partial charge is 0.335 e. The van der Waals surface area contributed by atoms with E-state index in [1.165, 1.54) is 28.8 Å². The number of likely N-dealkylation sites (N-methyl/N-ethyl adjacent to an activating group) is 1. The van der Waals surface area contributed by atoms with Crippen molar-refractivity contribution in [3.8, 4) is 0 Å². The molecule has 0 bridgehead atoms. The lowest BCUT2D eigenvalue weighted by molar-refractivity contribution is -0.121. The zero-order chi connectivity index (χ0) is 21.0. The minimum absolute atomic E-state index is 0.129. The van der Waals surface area contributed by atoms with E-state index >= 15 is 0 Å². The number of benzene rings is 2. The number of amides is 1. The molecular formula is C22H23N3O3S. The van der Waals surface area contributed by atoms with Crippen LogP contribution >= 0.6 is 11.8 Å². The van der Waals surface area contributed by atoms with Gasteiger partial charge in [0.1, 0.15) is 0 Å². The van der Waals surface area contributed by atoms with E-state index in [2.05, 4.69) is 35.9 Å². The van der Waals surface area contributed by atoms with Gasteiger partial charge in [-0.2, -0.15) is 0 Å². The summed E-state index contributed by atoms with van der Waals surface area (Å²) in [6.45, 7) is 6.13. The summed E-state index contributed by atoms with van der Waals surface area (Å²) in [7, 11) is 1.67. The van der Waals surface area contributed by atoms with E-state index in [4.69, 9.17) is 5.11 Å². The van der Waals surface area contributed by atoms with Gasteiger partial charge in [-0.25, -0.2) is 9.79 Å². The first-order valence-electron chi connectivity index (χ1n) is 9.37. The number of aliphatic imine (C=N–C) groups is 1. The topological polar surface area (TPSA) is 73.2 Å². The van der Waals surface area contributed by atoms with Gasteiger partial charge in [0.25, 0.3) is 5.91 Å². The summed E-state index contributed by atoms with van der Waals surface area (Å²) in [5.41, 5.74) is 2.75. The van der Waals surface area contributed by atoms with Crippen LogP contribution in [0.4, 0.5) is 11.4 Å². The van der Waals surface area contributed by atoms with E-state index in [9.17, 15) is 9.59 Å². The molecule has 0 atom stereocenters. The number of anilines is 1. The zero-order valence-corrected chi connectivity index (χ0v) is 17.4. The van der Waals surface area contributed by atoms with Crippen molar-refractivity contribution in [3.63, 3.8) is 0 Å². The van der Waals surface area contributed by atoms with Gasteiger partial charge in [0.2, 0.25) is 0 Å². The average molecular weight is 410 g/mol. The normalized spacial score (nSPS) is 16.7. The molecule has 2 aromatic rings. The van der Waals surface area contributed by atoms with Crippen molar-refractivity contribution in [2.45, 2.75) is 13.8 Å². The number of thioether (sulfide) groups is 1.